The Bertz CT molecular complexity index is 567. The van der Waals surface area contributed by atoms with Gasteiger partial charge < -0.3 is 10.4 Å². The zero-order valence-electron chi connectivity index (χ0n) is 11.8. The number of hydrogen-bond acceptors (Lipinski definition) is 3. The number of halogens is 1. The molecule has 0 radical (unpaired) electrons. The van der Waals surface area contributed by atoms with Crippen molar-refractivity contribution in [3.05, 3.63) is 23.6 Å². The van der Waals surface area contributed by atoms with Crippen molar-refractivity contribution in [3.8, 4) is 0 Å². The molecule has 1 aromatic rings. The van der Waals surface area contributed by atoms with E-state index in [-0.39, 0.29) is 16.9 Å². The molecule has 0 aromatic carbocycles. The van der Waals surface area contributed by atoms with E-state index < -0.39 is 11.8 Å². The van der Waals surface area contributed by atoms with E-state index in [0.29, 0.717) is 0 Å². The molecule has 2 N–H and O–H groups in total. The van der Waals surface area contributed by atoms with Gasteiger partial charge in [-0.2, -0.15) is 0 Å². The van der Waals surface area contributed by atoms with Gasteiger partial charge in [0.15, 0.2) is 11.6 Å². The summed E-state index contributed by atoms with van der Waals surface area (Å²) in [7, 11) is 0. The average molecular weight is 290 g/mol. The first kappa shape index (κ1) is 13.0. The van der Waals surface area contributed by atoms with Crippen molar-refractivity contribution in [2.45, 2.75) is 44.1 Å². The Morgan fingerprint density at radius 3 is 2.33 bits per heavy atom. The molecule has 4 saturated carbocycles. The monoisotopic (exact) mass is 290 g/mol. The molecular formula is C16H19FN2O2. The van der Waals surface area contributed by atoms with Crippen molar-refractivity contribution in [1.29, 1.82) is 0 Å². The smallest absolute Gasteiger partial charge is 0.338 e. The summed E-state index contributed by atoms with van der Waals surface area (Å²) in [5.41, 5.74) is -0.378. The fraction of sp³-hybridized carbons (Fsp3) is 0.625. The van der Waals surface area contributed by atoms with E-state index in [1.807, 2.05) is 0 Å². The molecule has 1 heterocycles. The number of nitrogens with one attached hydrogen (secondary N) is 1. The van der Waals surface area contributed by atoms with Crippen LogP contribution in [-0.4, -0.2) is 21.6 Å². The Labute approximate surface area is 122 Å². The maximum atomic E-state index is 14.3. The number of carbonyl (C=O) groups is 1. The topological polar surface area (TPSA) is 62.2 Å². The third-order valence-corrected chi connectivity index (χ3v) is 5.54. The van der Waals surface area contributed by atoms with E-state index in [9.17, 15) is 9.18 Å². The molecule has 4 aliphatic rings. The Kier molecular flexibility index (Phi) is 2.75. The first-order valence-electron chi connectivity index (χ1n) is 7.71. The largest absolute Gasteiger partial charge is 0.478 e. The summed E-state index contributed by atoms with van der Waals surface area (Å²) in [4.78, 5) is 15.1. The lowest BCUT2D eigenvalue weighted by molar-refractivity contribution is 0.0103. The van der Waals surface area contributed by atoms with Gasteiger partial charge in [0.1, 0.15) is 5.56 Å². The van der Waals surface area contributed by atoms with Gasteiger partial charge in [-0.05, 0) is 62.3 Å². The average Bonchev–Trinajstić information content (AvgIpc) is 2.39. The number of anilines is 1. The molecule has 0 atom stereocenters. The fourth-order valence-corrected chi connectivity index (χ4v) is 5.21. The minimum absolute atomic E-state index is 0.0697. The van der Waals surface area contributed by atoms with Gasteiger partial charge in [-0.3, -0.25) is 0 Å². The molecule has 0 amide bonds. The van der Waals surface area contributed by atoms with Crippen molar-refractivity contribution in [1.82, 2.24) is 4.98 Å². The van der Waals surface area contributed by atoms with Crippen LogP contribution >= 0.6 is 0 Å². The van der Waals surface area contributed by atoms with Crippen LogP contribution in [0.1, 0.15) is 48.9 Å². The molecule has 4 fully saturated rings. The number of pyridine rings is 1. The molecule has 4 bridgehead atoms. The highest BCUT2D eigenvalue weighted by atomic mass is 19.1. The van der Waals surface area contributed by atoms with Crippen molar-refractivity contribution in [3.63, 3.8) is 0 Å². The number of aromatic carboxylic acids is 1. The van der Waals surface area contributed by atoms with Gasteiger partial charge in [0.2, 0.25) is 0 Å². The third kappa shape index (κ3) is 2.10. The second-order valence-electron chi connectivity index (χ2n) is 7.15. The van der Waals surface area contributed by atoms with Gasteiger partial charge in [0.25, 0.3) is 0 Å². The molecule has 0 spiro atoms. The Balaban J connectivity index is 1.64. The van der Waals surface area contributed by atoms with Gasteiger partial charge >= 0.3 is 5.97 Å². The molecule has 1 aromatic heterocycles. The number of rotatable bonds is 3. The van der Waals surface area contributed by atoms with Crippen LogP contribution in [0.2, 0.25) is 0 Å². The molecule has 21 heavy (non-hydrogen) atoms. The van der Waals surface area contributed by atoms with E-state index in [1.165, 1.54) is 31.5 Å². The number of hydrogen-bond donors (Lipinski definition) is 2. The highest BCUT2D eigenvalue weighted by Gasteiger charge is 2.51. The van der Waals surface area contributed by atoms with Crippen LogP contribution in [-0.2, 0) is 0 Å². The van der Waals surface area contributed by atoms with Crippen molar-refractivity contribution < 1.29 is 14.3 Å². The van der Waals surface area contributed by atoms with Gasteiger partial charge in [-0.1, -0.05) is 0 Å². The lowest BCUT2D eigenvalue weighted by Crippen LogP contribution is -2.55. The lowest BCUT2D eigenvalue weighted by Gasteiger charge is -2.57. The zero-order chi connectivity index (χ0) is 14.6. The molecular weight excluding hydrogens is 271 g/mol. The zero-order valence-corrected chi connectivity index (χ0v) is 11.8. The quantitative estimate of drug-likeness (QED) is 0.896. The van der Waals surface area contributed by atoms with E-state index in [2.05, 4.69) is 10.3 Å². The first-order valence-corrected chi connectivity index (χ1v) is 7.71. The van der Waals surface area contributed by atoms with Crippen LogP contribution in [0.15, 0.2) is 12.3 Å². The summed E-state index contributed by atoms with van der Waals surface area (Å²) in [6, 6.07) is 1.21. The second-order valence-corrected chi connectivity index (χ2v) is 7.15. The summed E-state index contributed by atoms with van der Waals surface area (Å²) in [6.45, 7) is 0. The normalized spacial score (nSPS) is 36.7. The minimum atomic E-state index is -1.25. The van der Waals surface area contributed by atoms with E-state index in [1.54, 1.807) is 0 Å². The molecule has 5 heteroatoms. The van der Waals surface area contributed by atoms with Gasteiger partial charge in [-0.15, -0.1) is 0 Å². The number of carboxylic acid groups (broad SMARTS) is 1. The van der Waals surface area contributed by atoms with Crippen molar-refractivity contribution in [2.75, 3.05) is 5.32 Å². The first-order chi connectivity index (χ1) is 10.0. The van der Waals surface area contributed by atoms with Crippen LogP contribution in [0.25, 0.3) is 0 Å². The predicted octanol–water partition coefficient (Wildman–Crippen LogP) is 3.30. The Hall–Kier alpha value is -1.65. The number of nitrogens with zero attached hydrogens (tertiary/aromatic N) is 1. The number of aromatic nitrogens is 1. The van der Waals surface area contributed by atoms with E-state index in [0.717, 1.165) is 37.0 Å². The summed E-state index contributed by atoms with van der Waals surface area (Å²) < 4.78 is 14.3. The predicted molar refractivity (Wildman–Crippen MR) is 75.7 cm³/mol. The Morgan fingerprint density at radius 1 is 1.24 bits per heavy atom. The summed E-state index contributed by atoms with van der Waals surface area (Å²) in [5, 5.41) is 12.3. The van der Waals surface area contributed by atoms with Crippen LogP contribution < -0.4 is 5.32 Å². The van der Waals surface area contributed by atoms with Gasteiger partial charge in [-0.25, -0.2) is 14.2 Å². The van der Waals surface area contributed by atoms with Crippen molar-refractivity contribution in [2.24, 2.45) is 17.8 Å². The van der Waals surface area contributed by atoms with E-state index >= 15 is 0 Å². The van der Waals surface area contributed by atoms with Crippen LogP contribution in [0.5, 0.6) is 0 Å². The fourth-order valence-electron chi connectivity index (χ4n) is 5.21. The molecule has 4 aliphatic carbocycles. The SMILES string of the molecule is O=C(O)c1ccnc(NC23CC4CC(CC(C4)C2)C3)c1F. The molecule has 0 unspecified atom stereocenters. The highest BCUT2D eigenvalue weighted by Crippen LogP contribution is 2.56. The second kappa shape index (κ2) is 4.42. The lowest BCUT2D eigenvalue weighted by atomic mass is 9.53. The highest BCUT2D eigenvalue weighted by molar-refractivity contribution is 5.88. The van der Waals surface area contributed by atoms with Crippen molar-refractivity contribution >= 4 is 11.8 Å². The third-order valence-electron chi connectivity index (χ3n) is 5.54. The molecule has 0 aliphatic heterocycles. The molecule has 5 rings (SSSR count). The van der Waals surface area contributed by atoms with Crippen LogP contribution in [0.4, 0.5) is 10.2 Å². The Morgan fingerprint density at radius 2 is 1.81 bits per heavy atom. The summed E-state index contributed by atoms with van der Waals surface area (Å²) >= 11 is 0. The summed E-state index contributed by atoms with van der Waals surface area (Å²) in [6.07, 6.45) is 8.51. The maximum Gasteiger partial charge on any atom is 0.338 e. The standard InChI is InChI=1S/C16H19FN2O2/c17-13-12(15(20)21)1-2-18-14(13)19-16-6-9-3-10(7-16)5-11(4-9)8-16/h1-2,9-11H,3-8H2,(H,18,19)(H,20,21). The van der Waals surface area contributed by atoms with Gasteiger partial charge in [0, 0.05) is 11.7 Å². The molecule has 4 nitrogen and oxygen atoms in total. The van der Waals surface area contributed by atoms with Crippen LogP contribution in [0.3, 0.4) is 0 Å². The maximum absolute atomic E-state index is 14.3. The molecule has 0 saturated heterocycles. The number of carboxylic acids is 1. The molecule has 112 valence electrons. The summed E-state index contributed by atoms with van der Waals surface area (Å²) in [5.74, 6) is 0.361. The minimum Gasteiger partial charge on any atom is -0.478 e. The van der Waals surface area contributed by atoms with Crippen LogP contribution in [0, 0.1) is 23.6 Å². The van der Waals surface area contributed by atoms with E-state index in [4.69, 9.17) is 5.11 Å². The van der Waals surface area contributed by atoms with Gasteiger partial charge in [0.05, 0.1) is 0 Å².